The van der Waals surface area contributed by atoms with Crippen molar-refractivity contribution in [1.82, 2.24) is 9.29 Å². The van der Waals surface area contributed by atoms with Gasteiger partial charge in [0.1, 0.15) is 6.04 Å². The lowest BCUT2D eigenvalue weighted by Crippen LogP contribution is -2.43. The molecule has 32 heavy (non-hydrogen) atoms. The van der Waals surface area contributed by atoms with E-state index in [0.717, 1.165) is 16.8 Å². The Morgan fingerprint density at radius 2 is 1.81 bits per heavy atom. The summed E-state index contributed by atoms with van der Waals surface area (Å²) in [5.41, 5.74) is 4.01. The monoisotopic (exact) mass is 469 g/mol. The van der Waals surface area contributed by atoms with E-state index in [1.807, 2.05) is 24.4 Å². The van der Waals surface area contributed by atoms with Gasteiger partial charge in [0.05, 0.1) is 10.6 Å². The first-order valence-corrected chi connectivity index (χ1v) is 13.0. The molecule has 2 heterocycles. The minimum Gasteiger partial charge on any atom is -0.301 e. The van der Waals surface area contributed by atoms with E-state index in [-0.39, 0.29) is 10.8 Å². The number of aryl methyl sites for hydroxylation is 1. The lowest BCUT2D eigenvalue weighted by atomic mass is 10.0. The van der Waals surface area contributed by atoms with Crippen LogP contribution in [0.1, 0.15) is 43.7 Å². The smallest absolute Gasteiger partial charge is 0.244 e. The van der Waals surface area contributed by atoms with Crippen molar-refractivity contribution in [2.75, 3.05) is 11.9 Å². The molecule has 0 aliphatic carbocycles. The van der Waals surface area contributed by atoms with Crippen LogP contribution in [0.2, 0.25) is 0 Å². The number of hydrogen-bond donors (Lipinski definition) is 1. The van der Waals surface area contributed by atoms with Crippen LogP contribution >= 0.6 is 11.3 Å². The van der Waals surface area contributed by atoms with Gasteiger partial charge in [0, 0.05) is 17.5 Å². The number of nitrogens with zero attached hydrogens (tertiary/aromatic N) is 2. The molecule has 1 amide bonds. The van der Waals surface area contributed by atoms with Crippen LogP contribution in [0.3, 0.4) is 0 Å². The van der Waals surface area contributed by atoms with Crippen LogP contribution in [0.25, 0.3) is 11.3 Å². The Kier molecular flexibility index (Phi) is 6.46. The van der Waals surface area contributed by atoms with E-state index in [1.165, 1.54) is 21.2 Å². The van der Waals surface area contributed by atoms with E-state index in [2.05, 4.69) is 36.3 Å². The van der Waals surface area contributed by atoms with Crippen molar-refractivity contribution < 1.29 is 13.2 Å². The van der Waals surface area contributed by atoms with Crippen LogP contribution < -0.4 is 5.32 Å². The third-order valence-electron chi connectivity index (χ3n) is 5.74. The molecule has 1 aliphatic rings. The lowest BCUT2D eigenvalue weighted by molar-refractivity contribution is -0.119. The van der Waals surface area contributed by atoms with Gasteiger partial charge in [0.2, 0.25) is 15.9 Å². The third-order valence-corrected chi connectivity index (χ3v) is 8.42. The Balaban J connectivity index is 1.48. The lowest BCUT2D eigenvalue weighted by Gasteiger charge is -2.23. The predicted octanol–water partition coefficient (Wildman–Crippen LogP) is 5.03. The second-order valence-corrected chi connectivity index (χ2v) is 11.1. The summed E-state index contributed by atoms with van der Waals surface area (Å²) in [4.78, 5) is 17.7. The molecule has 2 aromatic carbocycles. The molecule has 0 spiro atoms. The van der Waals surface area contributed by atoms with Crippen LogP contribution in [-0.2, 0) is 14.8 Å². The number of nitrogens with one attached hydrogen (secondary N) is 1. The molecule has 4 rings (SSSR count). The van der Waals surface area contributed by atoms with Crippen molar-refractivity contribution in [2.45, 2.75) is 50.5 Å². The molecule has 168 valence electrons. The Morgan fingerprint density at radius 1 is 1.12 bits per heavy atom. The van der Waals surface area contributed by atoms with E-state index in [0.29, 0.717) is 30.4 Å². The molecule has 1 saturated heterocycles. The summed E-state index contributed by atoms with van der Waals surface area (Å²) in [6.45, 7) is 6.54. The molecular formula is C24H27N3O3S2. The molecular weight excluding hydrogens is 442 g/mol. The van der Waals surface area contributed by atoms with Gasteiger partial charge in [0.25, 0.3) is 0 Å². The molecule has 1 aliphatic heterocycles. The molecule has 0 saturated carbocycles. The minimum absolute atomic E-state index is 0.212. The number of hydrogen-bond acceptors (Lipinski definition) is 5. The average Bonchev–Trinajstić information content (AvgIpc) is 3.44. The fraction of sp³-hybridized carbons (Fsp3) is 0.333. The number of aromatic nitrogens is 1. The molecule has 1 N–H and O–H groups in total. The van der Waals surface area contributed by atoms with Crippen LogP contribution in [0.4, 0.5) is 5.13 Å². The highest BCUT2D eigenvalue weighted by Gasteiger charge is 2.39. The average molecular weight is 470 g/mol. The van der Waals surface area contributed by atoms with Crippen molar-refractivity contribution in [3.8, 4) is 11.3 Å². The topological polar surface area (TPSA) is 79.4 Å². The Hall–Kier alpha value is -2.55. The van der Waals surface area contributed by atoms with Crippen LogP contribution in [0.15, 0.2) is 58.8 Å². The fourth-order valence-corrected chi connectivity index (χ4v) is 6.21. The van der Waals surface area contributed by atoms with Crippen LogP contribution in [0, 0.1) is 6.92 Å². The summed E-state index contributed by atoms with van der Waals surface area (Å²) in [6.07, 6.45) is 1.14. The standard InChI is InChI=1S/C24H27N3O3S2/c1-16(2)18-8-10-19(11-9-18)21-15-31-24(25-21)26-23(28)22-5-4-14-27(22)32(29,30)20-12-6-17(3)7-13-20/h6-13,15-16,22H,4-5,14H2,1-3H3,(H,25,26,28). The first-order valence-electron chi connectivity index (χ1n) is 10.7. The number of sulfonamides is 1. The van der Waals surface area contributed by atoms with Gasteiger partial charge >= 0.3 is 0 Å². The SMILES string of the molecule is Cc1ccc(S(=O)(=O)N2CCCC2C(=O)Nc2nc(-c3ccc(C(C)C)cc3)cs2)cc1. The van der Waals surface area contributed by atoms with E-state index in [1.54, 1.807) is 24.3 Å². The number of thiazole rings is 1. The summed E-state index contributed by atoms with van der Waals surface area (Å²) in [5, 5.41) is 5.20. The Labute approximate surface area is 193 Å². The second-order valence-electron chi connectivity index (χ2n) is 8.39. The molecule has 8 heteroatoms. The van der Waals surface area contributed by atoms with Crippen molar-refractivity contribution in [3.05, 3.63) is 65.0 Å². The van der Waals surface area contributed by atoms with E-state index >= 15 is 0 Å². The molecule has 1 fully saturated rings. The minimum atomic E-state index is -3.74. The summed E-state index contributed by atoms with van der Waals surface area (Å²) < 4.78 is 27.5. The second kappa shape index (κ2) is 9.13. The first-order chi connectivity index (χ1) is 15.3. The highest BCUT2D eigenvalue weighted by Crippen LogP contribution is 2.29. The van der Waals surface area contributed by atoms with Crippen molar-refractivity contribution in [3.63, 3.8) is 0 Å². The largest absolute Gasteiger partial charge is 0.301 e. The van der Waals surface area contributed by atoms with Gasteiger partial charge in [-0.2, -0.15) is 4.31 Å². The van der Waals surface area contributed by atoms with Crippen molar-refractivity contribution in [2.24, 2.45) is 0 Å². The van der Waals surface area contributed by atoms with Crippen LogP contribution in [-0.4, -0.2) is 36.2 Å². The molecule has 1 aromatic heterocycles. The van der Waals surface area contributed by atoms with E-state index in [9.17, 15) is 13.2 Å². The van der Waals surface area contributed by atoms with Crippen LogP contribution in [0.5, 0.6) is 0 Å². The summed E-state index contributed by atoms with van der Waals surface area (Å²) >= 11 is 1.34. The zero-order chi connectivity index (χ0) is 22.9. The number of carbonyl (C=O) groups is 1. The molecule has 3 aromatic rings. The first kappa shape index (κ1) is 22.6. The third kappa shape index (κ3) is 4.62. The Morgan fingerprint density at radius 3 is 2.47 bits per heavy atom. The van der Waals surface area contributed by atoms with E-state index < -0.39 is 16.1 Å². The van der Waals surface area contributed by atoms with E-state index in [4.69, 9.17) is 0 Å². The normalized spacial score (nSPS) is 17.1. The summed E-state index contributed by atoms with van der Waals surface area (Å²) in [7, 11) is -3.74. The quantitative estimate of drug-likeness (QED) is 0.549. The van der Waals surface area contributed by atoms with Gasteiger partial charge in [0.15, 0.2) is 5.13 Å². The summed E-state index contributed by atoms with van der Waals surface area (Å²) in [6, 6.07) is 14.2. The molecule has 0 radical (unpaired) electrons. The number of benzene rings is 2. The fourth-order valence-electron chi connectivity index (χ4n) is 3.83. The van der Waals surface area contributed by atoms with Crippen molar-refractivity contribution in [1.29, 1.82) is 0 Å². The Bertz CT molecular complexity index is 1200. The predicted molar refractivity (Wildman–Crippen MR) is 128 cm³/mol. The number of carbonyl (C=O) groups excluding carboxylic acids is 1. The number of rotatable bonds is 6. The summed E-state index contributed by atoms with van der Waals surface area (Å²) in [5.74, 6) is 0.120. The number of anilines is 1. The van der Waals surface area contributed by atoms with Gasteiger partial charge in [-0.15, -0.1) is 11.3 Å². The maximum atomic E-state index is 13.1. The van der Waals surface area contributed by atoms with Crippen molar-refractivity contribution >= 4 is 32.4 Å². The van der Waals surface area contributed by atoms with Gasteiger partial charge in [-0.1, -0.05) is 55.8 Å². The van der Waals surface area contributed by atoms with Gasteiger partial charge < -0.3 is 5.32 Å². The molecule has 1 atom stereocenters. The highest BCUT2D eigenvalue weighted by molar-refractivity contribution is 7.89. The van der Waals surface area contributed by atoms with Gasteiger partial charge in [-0.05, 0) is 43.4 Å². The number of amides is 1. The molecule has 6 nitrogen and oxygen atoms in total. The maximum Gasteiger partial charge on any atom is 0.244 e. The van der Waals surface area contributed by atoms with Gasteiger partial charge in [-0.25, -0.2) is 13.4 Å². The van der Waals surface area contributed by atoms with Gasteiger partial charge in [-0.3, -0.25) is 4.79 Å². The molecule has 1 unspecified atom stereocenters. The zero-order valence-electron chi connectivity index (χ0n) is 18.4. The molecule has 0 bridgehead atoms. The highest BCUT2D eigenvalue weighted by atomic mass is 32.2. The maximum absolute atomic E-state index is 13.1. The zero-order valence-corrected chi connectivity index (χ0v) is 20.0.